The van der Waals surface area contributed by atoms with E-state index < -0.39 is 5.41 Å². The maximum absolute atomic E-state index is 12.2. The summed E-state index contributed by atoms with van der Waals surface area (Å²) in [6.07, 6.45) is 3.19. The fraction of sp³-hybridized carbons (Fsp3) is 0.900. The molecule has 0 heterocycles. The summed E-state index contributed by atoms with van der Waals surface area (Å²) in [5, 5.41) is 0. The van der Waals surface area contributed by atoms with Crippen molar-refractivity contribution in [1.29, 1.82) is 0 Å². The minimum atomic E-state index is -0.498. The second-order valence-corrected chi connectivity index (χ2v) is 9.15. The Morgan fingerprint density at radius 3 is 2.33 bits per heavy atom. The topological polar surface area (TPSA) is 52.6 Å². The molecule has 4 nitrogen and oxygen atoms in total. The van der Waals surface area contributed by atoms with E-state index in [2.05, 4.69) is 27.7 Å². The van der Waals surface area contributed by atoms with Crippen LogP contribution in [0.1, 0.15) is 74.1 Å². The Morgan fingerprint density at radius 2 is 1.83 bits per heavy atom. The highest BCUT2D eigenvalue weighted by molar-refractivity contribution is 5.76. The molecule has 138 valence electrons. The maximum Gasteiger partial charge on any atom is 0.311 e. The van der Waals surface area contributed by atoms with E-state index in [4.69, 9.17) is 9.47 Å². The van der Waals surface area contributed by atoms with Gasteiger partial charge in [0, 0.05) is 5.92 Å². The fourth-order valence-corrected chi connectivity index (χ4v) is 4.62. The van der Waals surface area contributed by atoms with Crippen LogP contribution in [-0.4, -0.2) is 24.6 Å². The van der Waals surface area contributed by atoms with Gasteiger partial charge in [0.15, 0.2) is 0 Å². The number of hydrogen-bond donors (Lipinski definition) is 0. The normalized spacial score (nSPS) is 34.2. The molecule has 2 saturated carbocycles. The van der Waals surface area contributed by atoms with Crippen molar-refractivity contribution in [3.8, 4) is 0 Å². The van der Waals surface area contributed by atoms with Crippen LogP contribution >= 0.6 is 0 Å². The zero-order chi connectivity index (χ0) is 18.3. The monoisotopic (exact) mass is 338 g/mol. The molecule has 2 bridgehead atoms. The molecule has 0 aromatic carbocycles. The second-order valence-electron chi connectivity index (χ2n) is 9.15. The van der Waals surface area contributed by atoms with E-state index in [1.807, 2.05) is 20.8 Å². The predicted molar refractivity (Wildman–Crippen MR) is 93.3 cm³/mol. The largest absolute Gasteiger partial charge is 0.465 e. The molecule has 0 N–H and O–H groups in total. The summed E-state index contributed by atoms with van der Waals surface area (Å²) in [6.45, 7) is 14.9. The van der Waals surface area contributed by atoms with Crippen LogP contribution in [0, 0.1) is 28.1 Å². The van der Waals surface area contributed by atoms with Crippen LogP contribution in [0.4, 0.5) is 0 Å². The SMILES string of the molecule is CCC(C)(C)C(=O)OCCC(=O)OC1C2CCC(C)(C1C)C2(C)C. The van der Waals surface area contributed by atoms with Crippen molar-refractivity contribution in [1.82, 2.24) is 0 Å². The van der Waals surface area contributed by atoms with Crippen molar-refractivity contribution in [2.45, 2.75) is 80.3 Å². The van der Waals surface area contributed by atoms with E-state index in [0.29, 0.717) is 18.3 Å². The maximum atomic E-state index is 12.2. The molecule has 0 spiro atoms. The Labute approximate surface area is 146 Å². The first-order valence-electron chi connectivity index (χ1n) is 9.34. The predicted octanol–water partition coefficient (Wildman–Crippen LogP) is 4.36. The zero-order valence-corrected chi connectivity index (χ0v) is 16.4. The lowest BCUT2D eigenvalue weighted by molar-refractivity contribution is -0.160. The molecule has 4 heteroatoms. The Balaban J connectivity index is 1.85. The van der Waals surface area contributed by atoms with Gasteiger partial charge in [-0.05, 0) is 49.9 Å². The van der Waals surface area contributed by atoms with Gasteiger partial charge in [0.2, 0.25) is 0 Å². The van der Waals surface area contributed by atoms with E-state index in [1.54, 1.807) is 0 Å². The van der Waals surface area contributed by atoms with Crippen molar-refractivity contribution >= 4 is 11.9 Å². The summed E-state index contributed by atoms with van der Waals surface area (Å²) in [7, 11) is 0. The van der Waals surface area contributed by atoms with Crippen LogP contribution in [0.3, 0.4) is 0 Å². The average Bonchev–Trinajstić information content (AvgIpc) is 2.81. The van der Waals surface area contributed by atoms with Crippen LogP contribution < -0.4 is 0 Å². The van der Waals surface area contributed by atoms with Crippen LogP contribution in [0.2, 0.25) is 0 Å². The molecule has 2 aliphatic rings. The van der Waals surface area contributed by atoms with Crippen molar-refractivity contribution in [2.24, 2.45) is 28.1 Å². The van der Waals surface area contributed by atoms with Crippen LogP contribution in [0.5, 0.6) is 0 Å². The van der Waals surface area contributed by atoms with Gasteiger partial charge in [-0.3, -0.25) is 9.59 Å². The summed E-state index contributed by atoms with van der Waals surface area (Å²) in [6, 6.07) is 0. The molecule has 4 unspecified atom stereocenters. The smallest absolute Gasteiger partial charge is 0.311 e. The van der Waals surface area contributed by atoms with E-state index in [1.165, 1.54) is 6.42 Å². The molecule has 2 fully saturated rings. The molecule has 4 atom stereocenters. The van der Waals surface area contributed by atoms with E-state index >= 15 is 0 Å². The standard InChI is InChI=1S/C20H34O4/c1-8-18(3,4)17(22)23-12-10-15(21)24-16-13(2)20(7)11-9-14(16)19(20,5)6/h13-14,16H,8-12H2,1-7H3. The molecule has 0 amide bonds. The van der Waals surface area contributed by atoms with Gasteiger partial charge in [-0.2, -0.15) is 0 Å². The van der Waals surface area contributed by atoms with Crippen LogP contribution in [-0.2, 0) is 19.1 Å². The van der Waals surface area contributed by atoms with Crippen molar-refractivity contribution in [3.63, 3.8) is 0 Å². The Hall–Kier alpha value is -1.06. The molecule has 0 saturated heterocycles. The second kappa shape index (κ2) is 6.34. The molecule has 2 aliphatic carbocycles. The van der Waals surface area contributed by atoms with Crippen LogP contribution in [0.25, 0.3) is 0 Å². The average molecular weight is 338 g/mol. The van der Waals surface area contributed by atoms with Gasteiger partial charge in [0.1, 0.15) is 12.7 Å². The summed E-state index contributed by atoms with van der Waals surface area (Å²) >= 11 is 0. The third kappa shape index (κ3) is 2.97. The molecule has 2 rings (SSSR count). The minimum absolute atomic E-state index is 0.00552. The Morgan fingerprint density at radius 1 is 1.21 bits per heavy atom. The molecule has 0 aromatic rings. The zero-order valence-electron chi connectivity index (χ0n) is 16.4. The Bertz CT molecular complexity index is 508. The highest BCUT2D eigenvalue weighted by Crippen LogP contribution is 2.68. The lowest BCUT2D eigenvalue weighted by Gasteiger charge is -2.38. The number of carbonyl (C=O) groups is 2. The fourth-order valence-electron chi connectivity index (χ4n) is 4.62. The van der Waals surface area contributed by atoms with Gasteiger partial charge >= 0.3 is 11.9 Å². The Kier molecular flexibility index (Phi) is 5.09. The quantitative estimate of drug-likeness (QED) is 0.675. The van der Waals surface area contributed by atoms with Gasteiger partial charge in [0.05, 0.1) is 11.8 Å². The number of fused-ring (bicyclic) bond motifs is 2. The lowest BCUT2D eigenvalue weighted by Crippen LogP contribution is -2.35. The van der Waals surface area contributed by atoms with E-state index in [9.17, 15) is 9.59 Å². The first-order valence-corrected chi connectivity index (χ1v) is 9.34. The highest BCUT2D eigenvalue weighted by atomic mass is 16.6. The molecule has 24 heavy (non-hydrogen) atoms. The summed E-state index contributed by atoms with van der Waals surface area (Å²) in [5.41, 5.74) is -0.0587. The van der Waals surface area contributed by atoms with Crippen molar-refractivity contribution in [2.75, 3.05) is 6.61 Å². The van der Waals surface area contributed by atoms with Crippen LogP contribution in [0.15, 0.2) is 0 Å². The van der Waals surface area contributed by atoms with E-state index in [-0.39, 0.29) is 41.9 Å². The molecular formula is C20H34O4. The summed E-state index contributed by atoms with van der Waals surface area (Å²) in [4.78, 5) is 24.2. The number of ether oxygens (including phenoxy) is 2. The van der Waals surface area contributed by atoms with Gasteiger partial charge < -0.3 is 9.47 Å². The van der Waals surface area contributed by atoms with Gasteiger partial charge in [-0.15, -0.1) is 0 Å². The summed E-state index contributed by atoms with van der Waals surface area (Å²) < 4.78 is 11.1. The van der Waals surface area contributed by atoms with Gasteiger partial charge in [-0.25, -0.2) is 0 Å². The number of carbonyl (C=O) groups excluding carboxylic acids is 2. The summed E-state index contributed by atoms with van der Waals surface area (Å²) in [5.74, 6) is 0.306. The number of rotatable bonds is 6. The number of esters is 2. The lowest BCUT2D eigenvalue weighted by atomic mass is 9.67. The third-order valence-corrected chi connectivity index (χ3v) is 7.51. The number of hydrogen-bond acceptors (Lipinski definition) is 4. The highest BCUT2D eigenvalue weighted by Gasteiger charge is 2.65. The third-order valence-electron chi connectivity index (χ3n) is 7.51. The molecule has 0 radical (unpaired) electrons. The minimum Gasteiger partial charge on any atom is -0.465 e. The van der Waals surface area contributed by atoms with Crippen molar-refractivity contribution in [3.05, 3.63) is 0 Å². The first-order chi connectivity index (χ1) is 11.0. The molecular weight excluding hydrogens is 304 g/mol. The van der Waals surface area contributed by atoms with E-state index in [0.717, 1.165) is 6.42 Å². The molecule has 0 aliphatic heterocycles. The van der Waals surface area contributed by atoms with Gasteiger partial charge in [-0.1, -0.05) is 34.6 Å². The van der Waals surface area contributed by atoms with Gasteiger partial charge in [0.25, 0.3) is 0 Å². The van der Waals surface area contributed by atoms with Crippen molar-refractivity contribution < 1.29 is 19.1 Å². The molecule has 0 aromatic heterocycles. The first kappa shape index (κ1) is 19.3.